The number of hydrogen-bond acceptors (Lipinski definition) is 0. The number of hydrogen-bond donors (Lipinski definition) is 0. The van der Waals surface area contributed by atoms with Gasteiger partial charge in [-0.3, -0.25) is 0 Å². The highest BCUT2D eigenvalue weighted by molar-refractivity contribution is 5.82. The van der Waals surface area contributed by atoms with Crippen molar-refractivity contribution in [3.05, 3.63) is 48.0 Å². The molecule has 0 nitrogen and oxygen atoms in total. The summed E-state index contributed by atoms with van der Waals surface area (Å²) in [5.41, 5.74) is 1.43. The summed E-state index contributed by atoms with van der Waals surface area (Å²) in [5.74, 6) is 0. The molecule has 0 aliphatic heterocycles. The zero-order valence-corrected chi connectivity index (χ0v) is 7.88. The Morgan fingerprint density at radius 1 is 1.15 bits per heavy atom. The molecular weight excluding hydrogens is 156 g/mol. The summed E-state index contributed by atoms with van der Waals surface area (Å²) in [6.07, 6.45) is 2.38. The summed E-state index contributed by atoms with van der Waals surface area (Å²) in [4.78, 5) is 0. The van der Waals surface area contributed by atoms with Crippen LogP contribution in [0.5, 0.6) is 0 Å². The van der Waals surface area contributed by atoms with E-state index in [1.54, 1.807) is 0 Å². The van der Waals surface area contributed by atoms with Crippen molar-refractivity contribution in [3.8, 4) is 0 Å². The minimum absolute atomic E-state index is 1.17. The second kappa shape index (κ2) is 3.61. The summed E-state index contributed by atoms with van der Waals surface area (Å²) < 4.78 is 0. The predicted molar refractivity (Wildman–Crippen MR) is 56.8 cm³/mol. The van der Waals surface area contributed by atoms with E-state index in [1.807, 2.05) is 6.07 Å². The Labute approximate surface area is 79.2 Å². The first-order chi connectivity index (χ1) is 6.40. The van der Waals surface area contributed by atoms with Crippen molar-refractivity contribution < 1.29 is 0 Å². The molecule has 0 amide bonds. The lowest BCUT2D eigenvalue weighted by molar-refractivity contribution is 0.924. The van der Waals surface area contributed by atoms with Crippen molar-refractivity contribution in [1.82, 2.24) is 0 Å². The molecule has 0 N–H and O–H groups in total. The molecule has 0 saturated heterocycles. The molecule has 0 heterocycles. The lowest BCUT2D eigenvalue weighted by Crippen LogP contribution is -1.82. The standard InChI is InChI=1S/C13H13/c1-2-5-11-8-9-12-6-3-4-7-13(12)10-11/h3,6-10H,2,5H2,1H3. The molecule has 0 unspecified atom stereocenters. The quantitative estimate of drug-likeness (QED) is 0.644. The van der Waals surface area contributed by atoms with Crippen molar-refractivity contribution in [2.45, 2.75) is 19.8 Å². The molecule has 0 aliphatic carbocycles. The van der Waals surface area contributed by atoms with E-state index in [1.165, 1.54) is 29.2 Å². The molecule has 0 atom stereocenters. The first kappa shape index (κ1) is 8.31. The van der Waals surface area contributed by atoms with Gasteiger partial charge in [-0.25, -0.2) is 0 Å². The monoisotopic (exact) mass is 169 g/mol. The smallest absolute Gasteiger partial charge is 0.0175 e. The van der Waals surface area contributed by atoms with E-state index in [4.69, 9.17) is 0 Å². The molecule has 0 heteroatoms. The van der Waals surface area contributed by atoms with Gasteiger partial charge in [0.05, 0.1) is 0 Å². The van der Waals surface area contributed by atoms with Crippen LogP contribution < -0.4 is 0 Å². The Kier molecular flexibility index (Phi) is 2.31. The zero-order chi connectivity index (χ0) is 9.10. The van der Waals surface area contributed by atoms with Gasteiger partial charge in [-0.05, 0) is 34.9 Å². The van der Waals surface area contributed by atoms with E-state index in [0.717, 1.165) is 0 Å². The molecule has 0 fully saturated rings. The van der Waals surface area contributed by atoms with Crippen LogP contribution >= 0.6 is 0 Å². The third kappa shape index (κ3) is 1.72. The van der Waals surface area contributed by atoms with E-state index in [9.17, 15) is 0 Å². The van der Waals surface area contributed by atoms with Crippen molar-refractivity contribution in [1.29, 1.82) is 0 Å². The van der Waals surface area contributed by atoms with Crippen LogP contribution in [0.1, 0.15) is 18.9 Å². The molecule has 0 saturated carbocycles. The topological polar surface area (TPSA) is 0 Å². The lowest BCUT2D eigenvalue weighted by Gasteiger charge is -2.01. The molecule has 0 aromatic heterocycles. The number of rotatable bonds is 2. The van der Waals surface area contributed by atoms with Gasteiger partial charge in [-0.15, -0.1) is 0 Å². The fourth-order valence-electron chi connectivity index (χ4n) is 1.62. The molecule has 2 aromatic rings. The average molecular weight is 169 g/mol. The van der Waals surface area contributed by atoms with Gasteiger partial charge >= 0.3 is 0 Å². The molecule has 2 aromatic carbocycles. The van der Waals surface area contributed by atoms with Crippen molar-refractivity contribution in [2.75, 3.05) is 0 Å². The van der Waals surface area contributed by atoms with E-state index in [2.05, 4.69) is 43.3 Å². The van der Waals surface area contributed by atoms with Gasteiger partial charge in [-0.2, -0.15) is 0 Å². The Bertz CT molecular complexity index is 401. The van der Waals surface area contributed by atoms with Gasteiger partial charge in [-0.1, -0.05) is 43.7 Å². The first-order valence-corrected chi connectivity index (χ1v) is 4.79. The third-order valence-electron chi connectivity index (χ3n) is 2.29. The second-order valence-corrected chi connectivity index (χ2v) is 3.36. The Morgan fingerprint density at radius 2 is 2.08 bits per heavy atom. The molecule has 13 heavy (non-hydrogen) atoms. The summed E-state index contributed by atoms with van der Waals surface area (Å²) in [6, 6.07) is 15.9. The van der Waals surface area contributed by atoms with E-state index in [-0.39, 0.29) is 0 Å². The maximum atomic E-state index is 3.10. The number of fused-ring (bicyclic) bond motifs is 1. The van der Waals surface area contributed by atoms with Gasteiger partial charge in [0.25, 0.3) is 0 Å². The van der Waals surface area contributed by atoms with Gasteiger partial charge in [0.1, 0.15) is 0 Å². The minimum Gasteiger partial charge on any atom is -0.0651 e. The first-order valence-electron chi connectivity index (χ1n) is 4.79. The molecule has 0 spiro atoms. The Hall–Kier alpha value is -1.30. The summed E-state index contributed by atoms with van der Waals surface area (Å²) in [7, 11) is 0. The van der Waals surface area contributed by atoms with Crippen molar-refractivity contribution >= 4 is 10.8 Å². The average Bonchev–Trinajstić information content (AvgIpc) is 2.18. The zero-order valence-electron chi connectivity index (χ0n) is 7.88. The summed E-state index contributed by atoms with van der Waals surface area (Å²) in [5, 5.41) is 2.60. The fourth-order valence-corrected chi connectivity index (χ4v) is 1.62. The van der Waals surface area contributed by atoms with Crippen LogP contribution in [0.15, 0.2) is 36.4 Å². The van der Waals surface area contributed by atoms with E-state index in [0.29, 0.717) is 0 Å². The molecular formula is C13H13. The maximum absolute atomic E-state index is 3.10. The Morgan fingerprint density at radius 3 is 2.92 bits per heavy atom. The predicted octanol–water partition coefficient (Wildman–Crippen LogP) is 3.59. The minimum atomic E-state index is 1.17. The van der Waals surface area contributed by atoms with Gasteiger partial charge < -0.3 is 0 Å². The summed E-state index contributed by atoms with van der Waals surface area (Å²) >= 11 is 0. The molecule has 0 bridgehead atoms. The van der Waals surface area contributed by atoms with Gasteiger partial charge in [0.2, 0.25) is 0 Å². The van der Waals surface area contributed by atoms with Crippen LogP contribution in [-0.2, 0) is 6.42 Å². The summed E-state index contributed by atoms with van der Waals surface area (Å²) in [6.45, 7) is 2.21. The van der Waals surface area contributed by atoms with Crippen molar-refractivity contribution in [2.24, 2.45) is 0 Å². The van der Waals surface area contributed by atoms with Crippen LogP contribution in [0, 0.1) is 6.07 Å². The fraction of sp³-hybridized carbons (Fsp3) is 0.231. The van der Waals surface area contributed by atoms with Crippen LogP contribution in [-0.4, -0.2) is 0 Å². The van der Waals surface area contributed by atoms with Crippen LogP contribution in [0.2, 0.25) is 0 Å². The molecule has 2 rings (SSSR count). The number of aryl methyl sites for hydroxylation is 1. The van der Waals surface area contributed by atoms with Crippen molar-refractivity contribution in [3.63, 3.8) is 0 Å². The third-order valence-corrected chi connectivity index (χ3v) is 2.29. The van der Waals surface area contributed by atoms with Gasteiger partial charge in [0, 0.05) is 0 Å². The molecule has 65 valence electrons. The van der Waals surface area contributed by atoms with Crippen LogP contribution in [0.4, 0.5) is 0 Å². The van der Waals surface area contributed by atoms with E-state index >= 15 is 0 Å². The van der Waals surface area contributed by atoms with Crippen LogP contribution in [0.3, 0.4) is 0 Å². The normalized spacial score (nSPS) is 10.5. The maximum Gasteiger partial charge on any atom is -0.0175 e. The highest BCUT2D eigenvalue weighted by atomic mass is 14.0. The van der Waals surface area contributed by atoms with Gasteiger partial charge in [0.15, 0.2) is 0 Å². The molecule has 1 radical (unpaired) electrons. The number of benzene rings is 2. The Balaban J connectivity index is 2.49. The lowest BCUT2D eigenvalue weighted by atomic mass is 10.0. The highest BCUT2D eigenvalue weighted by Crippen LogP contribution is 2.16. The second-order valence-electron chi connectivity index (χ2n) is 3.36. The van der Waals surface area contributed by atoms with Crippen LogP contribution in [0.25, 0.3) is 10.8 Å². The highest BCUT2D eigenvalue weighted by Gasteiger charge is 1.94. The largest absolute Gasteiger partial charge is 0.0651 e. The van der Waals surface area contributed by atoms with E-state index < -0.39 is 0 Å². The SMILES string of the molecule is CCCc1ccc2cc[c]cc2c1. The molecule has 0 aliphatic rings.